The first-order chi connectivity index (χ1) is 37.2. The standard InChI is InChI=1S/C29H36ClN5O5S.C26H28ClIN4O4S/c1-21(36)17-31-24-7-3-5-22(15-24)19-41(38,39)34-13-11-33(12-14-34)26-18-32-35(25-8-4-6-23(30)16-25)28(37)27(26)40-20-29(2)9-10-29;1-26(8-9-26)18-36-24-23(16-29-32(25(24)33)22-7-3-5-20(27)15-22)30-10-12-31(13-11-30)37(34,35)17-19-4-2-6-21(28)14-19/h3-8,15-16,18,21,31,36H,9-14,17,19-20H2,1-2H3;2-7,14-16H,8-13,17-18H2,1H3. The predicted octanol–water partition coefficient (Wildman–Crippen LogP) is 7.83. The molecule has 1 atom stereocenters. The van der Waals surface area contributed by atoms with Gasteiger partial charge in [-0.15, -0.1) is 0 Å². The van der Waals surface area contributed by atoms with Crippen molar-refractivity contribution in [3.05, 3.63) is 155 Å². The molecule has 4 heterocycles. The first-order valence-electron chi connectivity index (χ1n) is 25.9. The van der Waals surface area contributed by atoms with Gasteiger partial charge in [-0.3, -0.25) is 9.59 Å². The van der Waals surface area contributed by atoms with E-state index >= 15 is 0 Å². The van der Waals surface area contributed by atoms with E-state index in [-0.39, 0.29) is 58.0 Å². The summed E-state index contributed by atoms with van der Waals surface area (Å²) in [5.41, 5.74) is 3.83. The molecule has 10 rings (SSSR count). The van der Waals surface area contributed by atoms with Crippen molar-refractivity contribution in [1.29, 1.82) is 0 Å². The molecule has 0 radical (unpaired) electrons. The molecule has 6 aromatic rings. The van der Waals surface area contributed by atoms with Crippen molar-refractivity contribution < 1.29 is 31.4 Å². The van der Waals surface area contributed by atoms with Gasteiger partial charge in [0.15, 0.2) is 0 Å². The molecular formula is C55H64Cl2IN9O9S2. The zero-order valence-electron chi connectivity index (χ0n) is 43.7. The van der Waals surface area contributed by atoms with Gasteiger partial charge in [0.25, 0.3) is 0 Å². The Balaban J connectivity index is 0.000000191. The normalized spacial score (nSPS) is 17.6. The van der Waals surface area contributed by atoms with E-state index in [9.17, 15) is 31.5 Å². The van der Waals surface area contributed by atoms with E-state index in [1.807, 2.05) is 40.1 Å². The number of benzene rings is 4. The molecule has 4 aromatic carbocycles. The Morgan fingerprint density at radius 1 is 0.628 bits per heavy atom. The maximum atomic E-state index is 13.6. The van der Waals surface area contributed by atoms with Crippen LogP contribution in [-0.2, 0) is 31.6 Å². The monoisotopic (exact) mass is 1260 g/mol. The van der Waals surface area contributed by atoms with Crippen LogP contribution in [0, 0.1) is 14.4 Å². The molecule has 23 heteroatoms. The Kier molecular flexibility index (Phi) is 17.8. The Bertz CT molecular complexity index is 3470. The first-order valence-corrected chi connectivity index (χ1v) is 30.9. The molecule has 416 valence electrons. The summed E-state index contributed by atoms with van der Waals surface area (Å²) in [5.74, 6) is 0.291. The number of ether oxygens (including phenoxy) is 2. The summed E-state index contributed by atoms with van der Waals surface area (Å²) in [6, 6.07) is 28.6. The van der Waals surface area contributed by atoms with E-state index in [1.54, 1.807) is 86.0 Å². The molecular weight excluding hydrogens is 1190 g/mol. The van der Waals surface area contributed by atoms with Crippen LogP contribution in [0.3, 0.4) is 0 Å². The number of aliphatic hydroxyl groups is 1. The number of nitrogens with zero attached hydrogens (tertiary/aromatic N) is 8. The number of hydrogen-bond donors (Lipinski definition) is 2. The van der Waals surface area contributed by atoms with Gasteiger partial charge in [-0.1, -0.05) is 73.4 Å². The second-order valence-electron chi connectivity index (χ2n) is 21.2. The van der Waals surface area contributed by atoms with Crippen LogP contribution < -0.4 is 35.7 Å². The fraction of sp³-hybridized carbons (Fsp3) is 0.418. The molecule has 2 aromatic heterocycles. The number of aliphatic hydroxyl groups excluding tert-OH is 1. The summed E-state index contributed by atoms with van der Waals surface area (Å²) in [4.78, 5) is 31.1. The number of sulfonamides is 2. The van der Waals surface area contributed by atoms with Crippen LogP contribution in [0.4, 0.5) is 17.1 Å². The zero-order chi connectivity index (χ0) is 55.4. The van der Waals surface area contributed by atoms with Gasteiger partial charge in [-0.05, 0) is 127 Å². The second kappa shape index (κ2) is 24.2. The lowest BCUT2D eigenvalue weighted by Crippen LogP contribution is -2.49. The maximum absolute atomic E-state index is 13.6. The van der Waals surface area contributed by atoms with Gasteiger partial charge in [0, 0.05) is 89.0 Å². The third kappa shape index (κ3) is 14.6. The van der Waals surface area contributed by atoms with Crippen molar-refractivity contribution in [2.24, 2.45) is 10.8 Å². The van der Waals surface area contributed by atoms with Gasteiger partial charge < -0.3 is 29.7 Å². The van der Waals surface area contributed by atoms with Gasteiger partial charge in [0.2, 0.25) is 31.5 Å². The molecule has 2 aliphatic carbocycles. The quantitative estimate of drug-likeness (QED) is 0.0743. The van der Waals surface area contributed by atoms with Crippen molar-refractivity contribution in [3.8, 4) is 22.9 Å². The molecule has 0 bridgehead atoms. The summed E-state index contributed by atoms with van der Waals surface area (Å²) >= 11 is 14.5. The highest BCUT2D eigenvalue weighted by Crippen LogP contribution is 2.46. The molecule has 4 fully saturated rings. The van der Waals surface area contributed by atoms with E-state index in [2.05, 4.69) is 52.0 Å². The van der Waals surface area contributed by atoms with Crippen molar-refractivity contribution in [1.82, 2.24) is 28.2 Å². The fourth-order valence-corrected chi connectivity index (χ4v) is 13.0. The maximum Gasteiger partial charge on any atom is 0.316 e. The topological polar surface area (TPSA) is 202 Å². The third-order valence-corrected chi connectivity index (χ3v) is 19.2. The third-order valence-electron chi connectivity index (χ3n) is 14.3. The molecule has 2 saturated heterocycles. The molecule has 1 unspecified atom stereocenters. The van der Waals surface area contributed by atoms with Crippen molar-refractivity contribution in [3.63, 3.8) is 0 Å². The smallest absolute Gasteiger partial charge is 0.316 e. The molecule has 4 aliphatic rings. The average Bonchev–Trinajstić information content (AvgIpc) is 4.37. The van der Waals surface area contributed by atoms with E-state index in [1.165, 1.54) is 18.0 Å². The zero-order valence-corrected chi connectivity index (χ0v) is 49.0. The number of halogens is 3. The van der Waals surface area contributed by atoms with Crippen LogP contribution in [0.1, 0.15) is 57.6 Å². The number of anilines is 3. The average molecular weight is 1260 g/mol. The minimum atomic E-state index is -3.57. The van der Waals surface area contributed by atoms with Crippen molar-refractivity contribution in [2.45, 2.75) is 64.1 Å². The van der Waals surface area contributed by atoms with Crippen molar-refractivity contribution in [2.75, 3.05) is 87.2 Å². The number of hydrogen-bond acceptors (Lipinski definition) is 14. The van der Waals surface area contributed by atoms with Crippen LogP contribution in [0.2, 0.25) is 10.0 Å². The molecule has 2 aliphatic heterocycles. The number of piperazine rings is 2. The van der Waals surface area contributed by atoms with Gasteiger partial charge in [0.05, 0.1) is 54.6 Å². The van der Waals surface area contributed by atoms with E-state index in [4.69, 9.17) is 32.7 Å². The van der Waals surface area contributed by atoms with E-state index < -0.39 is 26.2 Å². The first kappa shape index (κ1) is 57.4. The molecule has 2 saturated carbocycles. The van der Waals surface area contributed by atoms with E-state index in [0.717, 1.165) is 40.5 Å². The molecule has 0 spiro atoms. The fourth-order valence-electron chi connectivity index (χ4n) is 9.05. The molecule has 78 heavy (non-hydrogen) atoms. The largest absolute Gasteiger partial charge is 0.486 e. The lowest BCUT2D eigenvalue weighted by molar-refractivity contribution is 0.208. The minimum absolute atomic E-state index is 0.0337. The molecule has 18 nitrogen and oxygen atoms in total. The van der Waals surface area contributed by atoms with Crippen molar-refractivity contribution >= 4 is 82.9 Å². The lowest BCUT2D eigenvalue weighted by Gasteiger charge is -2.35. The number of rotatable bonds is 19. The van der Waals surface area contributed by atoms with Gasteiger partial charge in [-0.2, -0.15) is 28.2 Å². The van der Waals surface area contributed by atoms with Crippen LogP contribution in [0.15, 0.2) is 119 Å². The Labute approximate surface area is 479 Å². The Hall–Kier alpha value is -5.27. The van der Waals surface area contributed by atoms with Crippen LogP contribution in [0.25, 0.3) is 11.4 Å². The van der Waals surface area contributed by atoms with E-state index in [0.29, 0.717) is 97.4 Å². The minimum Gasteiger partial charge on any atom is -0.486 e. The second-order valence-corrected chi connectivity index (χ2v) is 27.2. The lowest BCUT2D eigenvalue weighted by atomic mass is 10.2. The molecule has 2 N–H and O–H groups in total. The summed E-state index contributed by atoms with van der Waals surface area (Å²) in [6.07, 6.45) is 6.95. The van der Waals surface area contributed by atoms with Crippen LogP contribution >= 0.6 is 45.8 Å². The SMILES string of the molecule is CC(O)CNc1cccc(CS(=O)(=O)N2CCN(c3cnn(-c4cccc(Cl)c4)c(=O)c3OCC3(C)CC3)CC2)c1.CC1(COc2c(N3CCN(S(=O)(=O)Cc4cccc(I)c4)CC3)cnn(-c3cccc(Cl)c3)c2=O)CC1. The Morgan fingerprint density at radius 3 is 1.46 bits per heavy atom. The van der Waals surface area contributed by atoms with Crippen LogP contribution in [-0.4, -0.2) is 128 Å². The predicted molar refractivity (Wildman–Crippen MR) is 314 cm³/mol. The highest BCUT2D eigenvalue weighted by atomic mass is 127. The summed E-state index contributed by atoms with van der Waals surface area (Å²) in [6.45, 7) is 10.0. The summed E-state index contributed by atoms with van der Waals surface area (Å²) in [5, 5.41) is 22.4. The van der Waals surface area contributed by atoms with Gasteiger partial charge in [-0.25, -0.2) is 16.8 Å². The number of nitrogens with one attached hydrogen (secondary N) is 1. The summed E-state index contributed by atoms with van der Waals surface area (Å²) < 4.78 is 71.6. The highest BCUT2D eigenvalue weighted by Gasteiger charge is 2.40. The number of aromatic nitrogens is 4. The molecule has 0 amide bonds. The Morgan fingerprint density at radius 2 is 1.05 bits per heavy atom. The van der Waals surface area contributed by atoms with Gasteiger partial charge >= 0.3 is 11.1 Å². The highest BCUT2D eigenvalue weighted by molar-refractivity contribution is 14.1. The summed E-state index contributed by atoms with van der Waals surface area (Å²) in [7, 11) is -7.04. The van der Waals surface area contributed by atoms with Crippen LogP contribution in [0.5, 0.6) is 11.5 Å². The van der Waals surface area contributed by atoms with Gasteiger partial charge in [0.1, 0.15) is 11.4 Å².